The predicted octanol–water partition coefficient (Wildman–Crippen LogP) is 5.21. The molecule has 0 atom stereocenters. The molecule has 0 aliphatic heterocycles. The zero-order chi connectivity index (χ0) is 14.4. The third-order valence-electron chi connectivity index (χ3n) is 3.90. The molecule has 0 aromatic heterocycles. The number of halogens is 2. The Morgan fingerprint density at radius 2 is 1.19 bits per heavy atom. The van der Waals surface area contributed by atoms with E-state index in [-0.39, 0.29) is 0 Å². The Balaban J connectivity index is 1.97. The van der Waals surface area contributed by atoms with Crippen LogP contribution in [0.1, 0.15) is 11.1 Å². The summed E-state index contributed by atoms with van der Waals surface area (Å²) < 4.78 is 27.6. The second kappa shape index (κ2) is 4.52. The Kier molecular flexibility index (Phi) is 2.64. The summed E-state index contributed by atoms with van der Waals surface area (Å²) in [5, 5.41) is 0. The van der Waals surface area contributed by atoms with Gasteiger partial charge in [-0.25, -0.2) is 8.78 Å². The largest absolute Gasteiger partial charge is 0.204 e. The number of benzene rings is 3. The molecule has 21 heavy (non-hydrogen) atoms. The molecule has 0 saturated carbocycles. The van der Waals surface area contributed by atoms with Gasteiger partial charge < -0.3 is 0 Å². The van der Waals surface area contributed by atoms with Crippen molar-refractivity contribution in [2.24, 2.45) is 0 Å². The van der Waals surface area contributed by atoms with Crippen LogP contribution in [0.5, 0.6) is 0 Å². The summed E-state index contributed by atoms with van der Waals surface area (Å²) >= 11 is 0. The lowest BCUT2D eigenvalue weighted by Gasteiger charge is -2.10. The first-order valence-electron chi connectivity index (χ1n) is 6.77. The quantitative estimate of drug-likeness (QED) is 0.448. The van der Waals surface area contributed by atoms with Crippen LogP contribution in [-0.4, -0.2) is 0 Å². The molecule has 1 aliphatic carbocycles. The minimum Gasteiger partial charge on any atom is -0.204 e. The van der Waals surface area contributed by atoms with Gasteiger partial charge in [-0.3, -0.25) is 0 Å². The SMILES string of the molecule is Fc1cccc(-c2cccc3c2[CH]c2ccccc2-3)c1F. The van der Waals surface area contributed by atoms with Gasteiger partial charge in [-0.05, 0) is 33.9 Å². The topological polar surface area (TPSA) is 0 Å². The Morgan fingerprint density at radius 1 is 0.571 bits per heavy atom. The first-order valence-corrected chi connectivity index (χ1v) is 6.77. The molecule has 0 spiro atoms. The van der Waals surface area contributed by atoms with Crippen LogP contribution in [0.15, 0.2) is 60.7 Å². The average molecular weight is 277 g/mol. The number of rotatable bonds is 1. The van der Waals surface area contributed by atoms with Crippen molar-refractivity contribution >= 4 is 0 Å². The lowest BCUT2D eigenvalue weighted by Crippen LogP contribution is -1.92. The normalized spacial score (nSPS) is 12.1. The molecule has 2 heteroatoms. The molecular formula is C19H11F2. The highest BCUT2D eigenvalue weighted by Crippen LogP contribution is 2.43. The maximum atomic E-state index is 14.1. The fourth-order valence-corrected chi connectivity index (χ4v) is 2.93. The first kappa shape index (κ1) is 12.3. The molecule has 1 aliphatic rings. The van der Waals surface area contributed by atoms with Crippen molar-refractivity contribution in [2.45, 2.75) is 0 Å². The third kappa shape index (κ3) is 1.79. The zero-order valence-electron chi connectivity index (χ0n) is 11.1. The summed E-state index contributed by atoms with van der Waals surface area (Å²) in [5.41, 5.74) is 5.27. The van der Waals surface area contributed by atoms with E-state index in [2.05, 4.69) is 0 Å². The van der Waals surface area contributed by atoms with Crippen molar-refractivity contribution in [3.05, 3.63) is 89.8 Å². The molecule has 4 rings (SSSR count). The van der Waals surface area contributed by atoms with Crippen LogP contribution < -0.4 is 0 Å². The molecule has 0 amide bonds. The smallest absolute Gasteiger partial charge is 0.166 e. The van der Waals surface area contributed by atoms with Gasteiger partial charge in [-0.1, -0.05) is 54.6 Å². The van der Waals surface area contributed by atoms with Crippen LogP contribution in [0.3, 0.4) is 0 Å². The zero-order valence-corrected chi connectivity index (χ0v) is 11.1. The highest BCUT2D eigenvalue weighted by molar-refractivity contribution is 5.88. The van der Waals surface area contributed by atoms with E-state index < -0.39 is 11.6 Å². The van der Waals surface area contributed by atoms with Crippen molar-refractivity contribution in [1.82, 2.24) is 0 Å². The van der Waals surface area contributed by atoms with Crippen LogP contribution in [0.4, 0.5) is 8.78 Å². The van der Waals surface area contributed by atoms with E-state index >= 15 is 0 Å². The fourth-order valence-electron chi connectivity index (χ4n) is 2.93. The van der Waals surface area contributed by atoms with Gasteiger partial charge in [0.2, 0.25) is 0 Å². The summed E-state index contributed by atoms with van der Waals surface area (Å²) in [6.45, 7) is 0. The molecule has 101 valence electrons. The maximum absolute atomic E-state index is 14.1. The molecule has 0 unspecified atom stereocenters. The first-order chi connectivity index (χ1) is 10.3. The molecule has 1 radical (unpaired) electrons. The Labute approximate surface area is 121 Å². The van der Waals surface area contributed by atoms with Crippen LogP contribution in [0, 0.1) is 18.1 Å². The minimum absolute atomic E-state index is 0.302. The van der Waals surface area contributed by atoms with E-state index in [4.69, 9.17) is 0 Å². The van der Waals surface area contributed by atoms with Crippen molar-refractivity contribution in [1.29, 1.82) is 0 Å². The van der Waals surface area contributed by atoms with E-state index in [1.54, 1.807) is 6.07 Å². The monoisotopic (exact) mass is 277 g/mol. The molecule has 0 nitrogen and oxygen atoms in total. The summed E-state index contributed by atoms with van der Waals surface area (Å²) in [5.74, 6) is -1.61. The second-order valence-corrected chi connectivity index (χ2v) is 5.10. The van der Waals surface area contributed by atoms with Crippen LogP contribution >= 0.6 is 0 Å². The minimum atomic E-state index is -0.819. The van der Waals surface area contributed by atoms with Gasteiger partial charge in [-0.15, -0.1) is 0 Å². The molecule has 0 N–H and O–H groups in total. The average Bonchev–Trinajstić information content (AvgIpc) is 2.89. The Morgan fingerprint density at radius 3 is 2.05 bits per heavy atom. The van der Waals surface area contributed by atoms with E-state index in [0.29, 0.717) is 5.56 Å². The van der Waals surface area contributed by atoms with Gasteiger partial charge in [0.05, 0.1) is 0 Å². The highest BCUT2D eigenvalue weighted by atomic mass is 19.2. The van der Waals surface area contributed by atoms with Gasteiger partial charge in [0, 0.05) is 12.0 Å². The maximum Gasteiger partial charge on any atom is 0.166 e. The van der Waals surface area contributed by atoms with Crippen LogP contribution in [0.25, 0.3) is 22.3 Å². The van der Waals surface area contributed by atoms with Gasteiger partial charge >= 0.3 is 0 Å². The van der Waals surface area contributed by atoms with Gasteiger partial charge in [0.25, 0.3) is 0 Å². The van der Waals surface area contributed by atoms with Gasteiger partial charge in [0.15, 0.2) is 11.6 Å². The predicted molar refractivity (Wildman–Crippen MR) is 79.7 cm³/mol. The molecule has 0 saturated heterocycles. The standard InChI is InChI=1S/C19H11F2/c20-18-10-4-9-16(19(18)21)15-8-3-7-14-13-6-2-1-5-12(13)11-17(14)15/h1-11H. The molecule has 0 bridgehead atoms. The molecule has 0 fully saturated rings. The number of hydrogen-bond donors (Lipinski definition) is 0. The van der Waals surface area contributed by atoms with Crippen molar-refractivity contribution < 1.29 is 8.78 Å². The van der Waals surface area contributed by atoms with E-state index in [0.717, 1.165) is 33.9 Å². The lowest BCUT2D eigenvalue weighted by atomic mass is 9.95. The highest BCUT2D eigenvalue weighted by Gasteiger charge is 2.23. The molecule has 3 aromatic carbocycles. The van der Waals surface area contributed by atoms with Gasteiger partial charge in [-0.2, -0.15) is 0 Å². The summed E-state index contributed by atoms with van der Waals surface area (Å²) in [6.07, 6.45) is 2.03. The summed E-state index contributed by atoms with van der Waals surface area (Å²) in [7, 11) is 0. The van der Waals surface area contributed by atoms with Crippen LogP contribution in [0.2, 0.25) is 0 Å². The van der Waals surface area contributed by atoms with E-state index in [9.17, 15) is 8.78 Å². The summed E-state index contributed by atoms with van der Waals surface area (Å²) in [4.78, 5) is 0. The fraction of sp³-hybridized carbons (Fsp3) is 0. The van der Waals surface area contributed by atoms with Crippen LogP contribution in [-0.2, 0) is 0 Å². The Bertz CT molecular complexity index is 850. The molecule has 3 aromatic rings. The van der Waals surface area contributed by atoms with E-state index in [1.165, 1.54) is 6.07 Å². The van der Waals surface area contributed by atoms with E-state index in [1.807, 2.05) is 48.9 Å². The number of fused-ring (bicyclic) bond motifs is 3. The number of hydrogen-bond acceptors (Lipinski definition) is 0. The lowest BCUT2D eigenvalue weighted by molar-refractivity contribution is 0.511. The molecular weight excluding hydrogens is 266 g/mol. The van der Waals surface area contributed by atoms with Crippen molar-refractivity contribution in [3.8, 4) is 22.3 Å². The Hall–Kier alpha value is -2.48. The third-order valence-corrected chi connectivity index (χ3v) is 3.90. The van der Waals surface area contributed by atoms with Crippen molar-refractivity contribution in [2.75, 3.05) is 0 Å². The van der Waals surface area contributed by atoms with Gasteiger partial charge in [0.1, 0.15) is 0 Å². The second-order valence-electron chi connectivity index (χ2n) is 5.10. The summed E-state index contributed by atoms with van der Waals surface area (Å²) in [6, 6.07) is 18.1. The van der Waals surface area contributed by atoms with Crippen molar-refractivity contribution in [3.63, 3.8) is 0 Å². The molecule has 0 heterocycles.